The molecule has 24 heavy (non-hydrogen) atoms. The van der Waals surface area contributed by atoms with Gasteiger partial charge in [-0.3, -0.25) is 0 Å². The van der Waals surface area contributed by atoms with Crippen molar-refractivity contribution in [3.8, 4) is 0 Å². The topological polar surface area (TPSA) is 142 Å². The third-order valence-corrected chi connectivity index (χ3v) is 4.95. The predicted molar refractivity (Wildman–Crippen MR) is 102 cm³/mol. The number of aliphatic hydroxyl groups excluding tert-OH is 7. The second kappa shape index (κ2) is 23.4. The van der Waals surface area contributed by atoms with Crippen LogP contribution in [0.5, 0.6) is 0 Å². The maximum atomic E-state index is 8.68. The van der Waals surface area contributed by atoms with Crippen LogP contribution in [-0.4, -0.2) is 105 Å². The predicted octanol–water partition coefficient (Wildman–Crippen LogP) is -0.843. The summed E-state index contributed by atoms with van der Waals surface area (Å²) < 4.78 is 0. The van der Waals surface area contributed by atoms with Crippen LogP contribution in [0.2, 0.25) is 0 Å². The van der Waals surface area contributed by atoms with E-state index in [9.17, 15) is 0 Å². The Bertz CT molecular complexity index is 196. The van der Waals surface area contributed by atoms with E-state index in [1.54, 1.807) is 30.4 Å². The summed E-state index contributed by atoms with van der Waals surface area (Å²) in [4.78, 5) is 0. The fourth-order valence-electron chi connectivity index (χ4n) is 1.04. The maximum absolute atomic E-state index is 8.68. The molecule has 0 saturated carbocycles. The number of hydrogen-bond acceptors (Lipinski definition) is 9. The van der Waals surface area contributed by atoms with Crippen molar-refractivity contribution >= 4 is 23.5 Å². The fourth-order valence-corrected chi connectivity index (χ4v) is 2.13. The molecule has 150 valence electrons. The SMILES string of the molecule is CC(O)CSCCO.CCC(CO)(CO)CO.OCCSCCO. The molecule has 0 aliphatic heterocycles. The van der Waals surface area contributed by atoms with Crippen molar-refractivity contribution < 1.29 is 35.7 Å². The molecule has 7 N–H and O–H groups in total. The molecule has 1 unspecified atom stereocenters. The molecular weight excluding hydrogens is 356 g/mol. The van der Waals surface area contributed by atoms with Gasteiger partial charge in [0.2, 0.25) is 0 Å². The summed E-state index contributed by atoms with van der Waals surface area (Å²) in [6, 6.07) is 0. The summed E-state index contributed by atoms with van der Waals surface area (Å²) in [5, 5.41) is 59.3. The molecule has 0 radical (unpaired) electrons. The average molecular weight is 393 g/mol. The van der Waals surface area contributed by atoms with Gasteiger partial charge in [0.25, 0.3) is 0 Å². The summed E-state index contributed by atoms with van der Waals surface area (Å²) in [6.07, 6.45) is 0.350. The summed E-state index contributed by atoms with van der Waals surface area (Å²) in [5.41, 5.74) is -0.667. The molecule has 7 nitrogen and oxygen atoms in total. The lowest BCUT2D eigenvalue weighted by Gasteiger charge is -2.24. The van der Waals surface area contributed by atoms with Gasteiger partial charge in [-0.2, -0.15) is 23.5 Å². The highest BCUT2D eigenvalue weighted by atomic mass is 32.2. The minimum absolute atomic E-state index is 0.156. The Labute approximate surface area is 154 Å². The van der Waals surface area contributed by atoms with E-state index in [4.69, 9.17) is 35.7 Å². The zero-order valence-corrected chi connectivity index (χ0v) is 16.4. The lowest BCUT2D eigenvalue weighted by molar-refractivity contribution is 0.00304. The van der Waals surface area contributed by atoms with E-state index in [1.165, 1.54) is 0 Å². The summed E-state index contributed by atoms with van der Waals surface area (Å²) in [7, 11) is 0. The second-order valence-corrected chi connectivity index (χ2v) is 7.41. The van der Waals surface area contributed by atoms with E-state index in [-0.39, 0.29) is 45.7 Å². The first kappa shape index (κ1) is 29.2. The van der Waals surface area contributed by atoms with E-state index < -0.39 is 5.41 Å². The molecule has 0 amide bonds. The van der Waals surface area contributed by atoms with Crippen molar-refractivity contribution in [2.75, 3.05) is 62.7 Å². The summed E-state index contributed by atoms with van der Waals surface area (Å²) >= 11 is 3.11. The molecule has 0 rings (SSSR count). The summed E-state index contributed by atoms with van der Waals surface area (Å²) in [5.74, 6) is 2.92. The van der Waals surface area contributed by atoms with Gasteiger partial charge in [-0.05, 0) is 13.3 Å². The molecule has 0 aromatic rings. The van der Waals surface area contributed by atoms with Gasteiger partial charge >= 0.3 is 0 Å². The van der Waals surface area contributed by atoms with E-state index >= 15 is 0 Å². The van der Waals surface area contributed by atoms with Crippen molar-refractivity contribution in [3.63, 3.8) is 0 Å². The molecule has 9 heteroatoms. The van der Waals surface area contributed by atoms with Crippen molar-refractivity contribution in [1.29, 1.82) is 0 Å². The largest absolute Gasteiger partial charge is 0.396 e. The highest BCUT2D eigenvalue weighted by Gasteiger charge is 2.24. The Morgan fingerprint density at radius 3 is 1.33 bits per heavy atom. The molecule has 0 spiro atoms. The molecule has 0 aliphatic rings. The highest BCUT2D eigenvalue weighted by Crippen LogP contribution is 2.18. The summed E-state index contributed by atoms with van der Waals surface area (Å²) in [6.45, 7) is 3.73. The highest BCUT2D eigenvalue weighted by molar-refractivity contribution is 7.99. The zero-order valence-electron chi connectivity index (χ0n) is 14.8. The van der Waals surface area contributed by atoms with Crippen LogP contribution in [0.25, 0.3) is 0 Å². The molecule has 0 heterocycles. The van der Waals surface area contributed by atoms with Crippen LogP contribution >= 0.6 is 23.5 Å². The lowest BCUT2D eigenvalue weighted by atomic mass is 9.88. The third kappa shape index (κ3) is 22.4. The Balaban J connectivity index is -0.000000278. The maximum Gasteiger partial charge on any atom is 0.0602 e. The average Bonchev–Trinajstić information content (AvgIpc) is 2.59. The van der Waals surface area contributed by atoms with Crippen LogP contribution in [-0.2, 0) is 0 Å². The van der Waals surface area contributed by atoms with E-state index in [2.05, 4.69) is 0 Å². The minimum atomic E-state index is -0.667. The first-order valence-electron chi connectivity index (χ1n) is 7.92. The van der Waals surface area contributed by atoms with Gasteiger partial charge in [-0.15, -0.1) is 0 Å². The first-order valence-corrected chi connectivity index (χ1v) is 10.2. The quantitative estimate of drug-likeness (QED) is 0.212. The molecule has 0 aliphatic carbocycles. The molecule has 0 aromatic carbocycles. The van der Waals surface area contributed by atoms with Gasteiger partial charge in [-0.1, -0.05) is 6.92 Å². The Kier molecular flexibility index (Phi) is 28.5. The van der Waals surface area contributed by atoms with E-state index in [0.717, 1.165) is 23.0 Å². The minimum Gasteiger partial charge on any atom is -0.396 e. The van der Waals surface area contributed by atoms with Gasteiger partial charge in [0, 0.05) is 28.4 Å². The van der Waals surface area contributed by atoms with Crippen molar-refractivity contribution in [3.05, 3.63) is 0 Å². The molecule has 0 bridgehead atoms. The van der Waals surface area contributed by atoms with Crippen molar-refractivity contribution in [1.82, 2.24) is 0 Å². The van der Waals surface area contributed by atoms with Gasteiger partial charge < -0.3 is 35.7 Å². The Hall–Kier alpha value is 0.420. The van der Waals surface area contributed by atoms with Gasteiger partial charge in [0.05, 0.1) is 45.7 Å². The van der Waals surface area contributed by atoms with Crippen molar-refractivity contribution in [2.45, 2.75) is 26.4 Å². The number of rotatable bonds is 12. The standard InChI is InChI=1S/C6H14O3.C5H12O2S.C4H10O2S/c1-2-6(3-7,4-8)5-9;1-5(7)4-8-3-2-6;5-1-3-7-4-2-6/h7-9H,2-5H2,1H3;5-7H,2-4H2,1H3;5-6H,1-4H2. The molecular formula is C15H36O7S2. The van der Waals surface area contributed by atoms with Crippen molar-refractivity contribution in [2.24, 2.45) is 5.41 Å². The zero-order chi connectivity index (χ0) is 19.3. The molecule has 0 saturated heterocycles. The van der Waals surface area contributed by atoms with Crippen LogP contribution in [0, 0.1) is 5.41 Å². The molecule has 1 atom stereocenters. The van der Waals surface area contributed by atoms with Crippen LogP contribution in [0.3, 0.4) is 0 Å². The van der Waals surface area contributed by atoms with Crippen LogP contribution in [0.1, 0.15) is 20.3 Å². The van der Waals surface area contributed by atoms with Gasteiger partial charge in [0.15, 0.2) is 0 Å². The van der Waals surface area contributed by atoms with E-state index in [0.29, 0.717) is 6.42 Å². The monoisotopic (exact) mass is 392 g/mol. The van der Waals surface area contributed by atoms with Gasteiger partial charge in [0.1, 0.15) is 0 Å². The molecule has 0 fully saturated rings. The number of thioether (sulfide) groups is 2. The second-order valence-electron chi connectivity index (χ2n) is 5.04. The third-order valence-electron chi connectivity index (χ3n) is 2.82. The lowest BCUT2D eigenvalue weighted by Crippen LogP contribution is -2.32. The molecule has 0 aromatic heterocycles. The van der Waals surface area contributed by atoms with E-state index in [1.807, 2.05) is 6.92 Å². The smallest absolute Gasteiger partial charge is 0.0602 e. The Morgan fingerprint density at radius 2 is 1.12 bits per heavy atom. The van der Waals surface area contributed by atoms with Crippen LogP contribution in [0.4, 0.5) is 0 Å². The number of hydrogen-bond donors (Lipinski definition) is 7. The van der Waals surface area contributed by atoms with Crippen LogP contribution < -0.4 is 0 Å². The normalized spacial score (nSPS) is 11.9. The first-order chi connectivity index (χ1) is 11.4. The number of aliphatic hydroxyl groups is 7. The van der Waals surface area contributed by atoms with Gasteiger partial charge in [-0.25, -0.2) is 0 Å². The fraction of sp³-hybridized carbons (Fsp3) is 1.00. The Morgan fingerprint density at radius 1 is 0.750 bits per heavy atom. The van der Waals surface area contributed by atoms with Crippen LogP contribution in [0.15, 0.2) is 0 Å².